The number of aromatic nitrogens is 4. The molecule has 2 heterocycles. The third-order valence-corrected chi connectivity index (χ3v) is 2.02. The Morgan fingerprint density at radius 1 is 1.29 bits per heavy atom. The Morgan fingerprint density at radius 2 is 2.00 bits per heavy atom. The Bertz CT molecular complexity index is 465. The van der Waals surface area contributed by atoms with E-state index in [0.29, 0.717) is 17.0 Å². The number of nitrogens with one attached hydrogen (secondary N) is 1. The summed E-state index contributed by atoms with van der Waals surface area (Å²) in [7, 11) is 0. The molecule has 0 saturated carbocycles. The second-order valence-corrected chi connectivity index (χ2v) is 4.29. The molecule has 0 amide bonds. The lowest BCUT2D eigenvalue weighted by Crippen LogP contribution is -2.13. The number of hydrogen-bond acceptors (Lipinski definition) is 4. The van der Waals surface area contributed by atoms with Gasteiger partial charge in [-0.3, -0.25) is 0 Å². The van der Waals surface area contributed by atoms with E-state index < -0.39 is 0 Å². The molecule has 2 rings (SSSR count). The van der Waals surface area contributed by atoms with E-state index >= 15 is 0 Å². The Morgan fingerprint density at radius 3 is 2.57 bits per heavy atom. The molecule has 74 valence electrons. The first kappa shape index (κ1) is 8.93. The first-order chi connectivity index (χ1) is 6.48. The van der Waals surface area contributed by atoms with Gasteiger partial charge < -0.3 is 10.7 Å². The first-order valence-corrected chi connectivity index (χ1v) is 4.45. The van der Waals surface area contributed by atoms with Crippen LogP contribution in [0.15, 0.2) is 6.33 Å². The number of aromatic amines is 1. The Labute approximate surface area is 81.8 Å². The molecular formula is C9H13N5. The van der Waals surface area contributed by atoms with Crippen LogP contribution in [-0.2, 0) is 5.41 Å². The van der Waals surface area contributed by atoms with Crippen LogP contribution in [0.25, 0.3) is 11.2 Å². The third kappa shape index (κ3) is 1.30. The van der Waals surface area contributed by atoms with Crippen molar-refractivity contribution in [3.8, 4) is 0 Å². The SMILES string of the molecule is CC(C)(C)c1nc2c(N)ncnc2[nH]1. The molecule has 0 bridgehead atoms. The number of anilines is 1. The minimum Gasteiger partial charge on any atom is -0.382 e. The van der Waals surface area contributed by atoms with E-state index in [-0.39, 0.29) is 5.41 Å². The molecule has 0 aromatic carbocycles. The maximum atomic E-state index is 5.68. The van der Waals surface area contributed by atoms with Gasteiger partial charge >= 0.3 is 0 Å². The van der Waals surface area contributed by atoms with Crippen LogP contribution >= 0.6 is 0 Å². The number of hydrogen-bond donors (Lipinski definition) is 2. The van der Waals surface area contributed by atoms with Crippen LogP contribution in [0.1, 0.15) is 26.6 Å². The lowest BCUT2D eigenvalue weighted by atomic mass is 9.96. The van der Waals surface area contributed by atoms with E-state index in [2.05, 4.69) is 40.7 Å². The maximum Gasteiger partial charge on any atom is 0.163 e. The Hall–Kier alpha value is -1.65. The fourth-order valence-electron chi connectivity index (χ4n) is 1.20. The van der Waals surface area contributed by atoms with Crippen molar-refractivity contribution in [2.45, 2.75) is 26.2 Å². The molecule has 3 N–H and O–H groups in total. The summed E-state index contributed by atoms with van der Waals surface area (Å²) in [5, 5.41) is 0. The van der Waals surface area contributed by atoms with Crippen molar-refractivity contribution in [1.82, 2.24) is 19.9 Å². The molecule has 14 heavy (non-hydrogen) atoms. The summed E-state index contributed by atoms with van der Waals surface area (Å²) in [6.07, 6.45) is 1.43. The molecule has 0 unspecified atom stereocenters. The van der Waals surface area contributed by atoms with Gasteiger partial charge in [0.25, 0.3) is 0 Å². The normalized spacial score (nSPS) is 12.2. The topological polar surface area (TPSA) is 80.5 Å². The van der Waals surface area contributed by atoms with E-state index in [9.17, 15) is 0 Å². The van der Waals surface area contributed by atoms with Crippen LogP contribution < -0.4 is 5.73 Å². The minimum atomic E-state index is -0.0346. The summed E-state index contributed by atoms with van der Waals surface area (Å²) < 4.78 is 0. The van der Waals surface area contributed by atoms with Gasteiger partial charge in [0.1, 0.15) is 17.7 Å². The number of nitrogens with zero attached hydrogens (tertiary/aromatic N) is 3. The molecule has 0 saturated heterocycles. The highest BCUT2D eigenvalue weighted by Gasteiger charge is 2.19. The number of imidazole rings is 1. The van der Waals surface area contributed by atoms with Crippen molar-refractivity contribution in [1.29, 1.82) is 0 Å². The molecule has 0 spiro atoms. The molecule has 5 heteroatoms. The zero-order chi connectivity index (χ0) is 10.3. The highest BCUT2D eigenvalue weighted by molar-refractivity contribution is 5.81. The molecule has 0 aliphatic carbocycles. The van der Waals surface area contributed by atoms with Gasteiger partial charge in [-0.1, -0.05) is 20.8 Å². The molecule has 0 radical (unpaired) electrons. The Balaban J connectivity index is 2.69. The van der Waals surface area contributed by atoms with Crippen LogP contribution in [0.3, 0.4) is 0 Å². The zero-order valence-corrected chi connectivity index (χ0v) is 8.50. The van der Waals surface area contributed by atoms with E-state index in [0.717, 1.165) is 5.82 Å². The summed E-state index contributed by atoms with van der Waals surface area (Å²) in [4.78, 5) is 15.5. The maximum absolute atomic E-state index is 5.68. The molecule has 0 atom stereocenters. The number of nitrogens with two attached hydrogens (primary N) is 1. The van der Waals surface area contributed by atoms with E-state index in [4.69, 9.17) is 5.73 Å². The van der Waals surface area contributed by atoms with E-state index in [1.807, 2.05) is 0 Å². The van der Waals surface area contributed by atoms with Crippen molar-refractivity contribution in [2.75, 3.05) is 5.73 Å². The van der Waals surface area contributed by atoms with Gasteiger partial charge in [-0.15, -0.1) is 0 Å². The van der Waals surface area contributed by atoms with Crippen molar-refractivity contribution in [2.24, 2.45) is 0 Å². The minimum absolute atomic E-state index is 0.0346. The summed E-state index contributed by atoms with van der Waals surface area (Å²) in [5.74, 6) is 1.29. The molecule has 0 aliphatic heterocycles. The van der Waals surface area contributed by atoms with E-state index in [1.54, 1.807) is 0 Å². The van der Waals surface area contributed by atoms with Gasteiger partial charge in [0, 0.05) is 5.41 Å². The fraction of sp³-hybridized carbons (Fsp3) is 0.444. The lowest BCUT2D eigenvalue weighted by molar-refractivity contribution is 0.554. The second-order valence-electron chi connectivity index (χ2n) is 4.29. The zero-order valence-electron chi connectivity index (χ0n) is 8.50. The predicted molar refractivity (Wildman–Crippen MR) is 54.8 cm³/mol. The van der Waals surface area contributed by atoms with Crippen LogP contribution in [-0.4, -0.2) is 19.9 Å². The standard InChI is InChI=1S/C9H13N5/c1-9(2,3)8-13-5-6(10)11-4-12-7(5)14-8/h4H,1-3H3,(H3,10,11,12,13,14). The predicted octanol–water partition coefficient (Wildman–Crippen LogP) is 1.23. The van der Waals surface area contributed by atoms with Gasteiger partial charge in [0.15, 0.2) is 11.5 Å². The highest BCUT2D eigenvalue weighted by Crippen LogP contribution is 2.22. The smallest absolute Gasteiger partial charge is 0.163 e. The number of nitrogen functional groups attached to an aromatic ring is 1. The largest absolute Gasteiger partial charge is 0.382 e. The van der Waals surface area contributed by atoms with Crippen LogP contribution in [0.5, 0.6) is 0 Å². The van der Waals surface area contributed by atoms with Gasteiger partial charge in [0.05, 0.1) is 0 Å². The highest BCUT2D eigenvalue weighted by atomic mass is 15.1. The number of fused-ring (bicyclic) bond motifs is 1. The van der Waals surface area contributed by atoms with Gasteiger partial charge in [-0.25, -0.2) is 15.0 Å². The van der Waals surface area contributed by atoms with Crippen LogP contribution in [0.4, 0.5) is 5.82 Å². The third-order valence-electron chi connectivity index (χ3n) is 2.02. The summed E-state index contributed by atoms with van der Waals surface area (Å²) in [6.45, 7) is 6.23. The van der Waals surface area contributed by atoms with Crippen molar-refractivity contribution >= 4 is 17.0 Å². The molecule has 2 aromatic rings. The average molecular weight is 191 g/mol. The van der Waals surface area contributed by atoms with E-state index in [1.165, 1.54) is 6.33 Å². The number of H-pyrrole nitrogens is 1. The van der Waals surface area contributed by atoms with Gasteiger partial charge in [-0.2, -0.15) is 0 Å². The summed E-state index contributed by atoms with van der Waals surface area (Å²) >= 11 is 0. The Kier molecular flexibility index (Phi) is 1.70. The molecular weight excluding hydrogens is 178 g/mol. The second kappa shape index (κ2) is 2.67. The van der Waals surface area contributed by atoms with Gasteiger partial charge in [-0.05, 0) is 0 Å². The summed E-state index contributed by atoms with van der Waals surface area (Å²) in [6, 6.07) is 0. The van der Waals surface area contributed by atoms with Gasteiger partial charge in [0.2, 0.25) is 0 Å². The summed E-state index contributed by atoms with van der Waals surface area (Å²) in [5.41, 5.74) is 6.99. The molecule has 5 nitrogen and oxygen atoms in total. The monoisotopic (exact) mass is 191 g/mol. The molecule has 2 aromatic heterocycles. The lowest BCUT2D eigenvalue weighted by Gasteiger charge is -2.13. The fourth-order valence-corrected chi connectivity index (χ4v) is 1.20. The first-order valence-electron chi connectivity index (χ1n) is 4.45. The van der Waals surface area contributed by atoms with Crippen LogP contribution in [0, 0.1) is 0 Å². The quantitative estimate of drug-likeness (QED) is 0.656. The molecule has 0 fully saturated rings. The number of rotatable bonds is 0. The van der Waals surface area contributed by atoms with Crippen LogP contribution in [0.2, 0.25) is 0 Å². The van der Waals surface area contributed by atoms with Crippen molar-refractivity contribution < 1.29 is 0 Å². The van der Waals surface area contributed by atoms with Crippen molar-refractivity contribution in [3.05, 3.63) is 12.2 Å². The van der Waals surface area contributed by atoms with Crippen molar-refractivity contribution in [3.63, 3.8) is 0 Å². The molecule has 0 aliphatic rings. The average Bonchev–Trinajstić information content (AvgIpc) is 2.48.